The summed E-state index contributed by atoms with van der Waals surface area (Å²) >= 11 is 0. The third kappa shape index (κ3) is 8.24. The molecule has 7 heteroatoms. The van der Waals surface area contributed by atoms with E-state index in [0.29, 0.717) is 19.8 Å². The molecule has 1 rings (SSSR count). The number of rotatable bonds is 5. The number of halogens is 1. The topological polar surface area (TPSA) is 93.5 Å². The molecule has 6 nitrogen and oxygen atoms in total. The van der Waals surface area contributed by atoms with E-state index in [4.69, 9.17) is 10.5 Å². The van der Waals surface area contributed by atoms with Gasteiger partial charge in [-0.15, -0.1) is 12.4 Å². The van der Waals surface area contributed by atoms with Crippen LogP contribution in [0.25, 0.3) is 0 Å². The molecule has 0 bridgehead atoms. The maximum Gasteiger partial charge on any atom is 0.237 e. The highest BCUT2D eigenvalue weighted by Gasteiger charge is 2.26. The summed E-state index contributed by atoms with van der Waals surface area (Å²) < 4.78 is 5.25. The summed E-state index contributed by atoms with van der Waals surface area (Å²) in [6.07, 6.45) is 1.90. The highest BCUT2D eigenvalue weighted by Crippen LogP contribution is 2.17. The van der Waals surface area contributed by atoms with Crippen molar-refractivity contribution in [2.45, 2.75) is 51.6 Å². The summed E-state index contributed by atoms with van der Waals surface area (Å²) in [5.41, 5.74) is 5.69. The van der Waals surface area contributed by atoms with Gasteiger partial charge < -0.3 is 21.1 Å². The second kappa shape index (κ2) is 9.23. The lowest BCUT2D eigenvalue weighted by molar-refractivity contribution is -0.125. The minimum atomic E-state index is -0.510. The van der Waals surface area contributed by atoms with Crippen LogP contribution in [0, 0.1) is 5.92 Å². The Morgan fingerprint density at radius 2 is 1.86 bits per heavy atom. The first kappa shape index (κ1) is 20.1. The molecule has 124 valence electrons. The van der Waals surface area contributed by atoms with Gasteiger partial charge in [-0.2, -0.15) is 0 Å². The molecule has 1 atom stereocenters. The second-order valence-corrected chi connectivity index (χ2v) is 6.31. The molecule has 1 saturated heterocycles. The Morgan fingerprint density at radius 3 is 2.38 bits per heavy atom. The summed E-state index contributed by atoms with van der Waals surface area (Å²) in [5, 5.41) is 5.58. The Labute approximate surface area is 133 Å². The van der Waals surface area contributed by atoms with Crippen molar-refractivity contribution in [1.82, 2.24) is 10.6 Å². The van der Waals surface area contributed by atoms with Crippen molar-refractivity contribution in [2.75, 3.05) is 19.8 Å². The summed E-state index contributed by atoms with van der Waals surface area (Å²) in [6, 6.07) is -0.510. The number of carbonyl (C=O) groups excluding carboxylic acids is 2. The first-order valence-corrected chi connectivity index (χ1v) is 7.21. The summed E-state index contributed by atoms with van der Waals surface area (Å²) in [4.78, 5) is 23.5. The molecule has 1 heterocycles. The molecule has 1 fully saturated rings. The molecule has 0 radical (unpaired) electrons. The fraction of sp³-hybridized carbons (Fsp3) is 0.857. The zero-order valence-corrected chi connectivity index (χ0v) is 13.9. The lowest BCUT2D eigenvalue weighted by Crippen LogP contribution is -2.48. The van der Waals surface area contributed by atoms with Crippen LogP contribution >= 0.6 is 12.4 Å². The first-order valence-electron chi connectivity index (χ1n) is 7.21. The van der Waals surface area contributed by atoms with E-state index in [0.717, 1.165) is 12.8 Å². The predicted molar refractivity (Wildman–Crippen MR) is 84.3 cm³/mol. The number of carbonyl (C=O) groups is 2. The van der Waals surface area contributed by atoms with Crippen LogP contribution < -0.4 is 16.4 Å². The van der Waals surface area contributed by atoms with Crippen molar-refractivity contribution < 1.29 is 14.3 Å². The van der Waals surface area contributed by atoms with Gasteiger partial charge in [-0.1, -0.05) is 0 Å². The Bertz CT molecular complexity index is 339. The number of hydrogen-bond donors (Lipinski definition) is 3. The monoisotopic (exact) mass is 321 g/mol. The van der Waals surface area contributed by atoms with E-state index in [9.17, 15) is 9.59 Å². The zero-order chi connectivity index (χ0) is 15.2. The fourth-order valence-corrected chi connectivity index (χ4v) is 2.19. The molecule has 0 aromatic carbocycles. The van der Waals surface area contributed by atoms with Crippen molar-refractivity contribution >= 4 is 24.2 Å². The van der Waals surface area contributed by atoms with Crippen molar-refractivity contribution in [3.63, 3.8) is 0 Å². The van der Waals surface area contributed by atoms with Crippen molar-refractivity contribution in [1.29, 1.82) is 0 Å². The number of hydrogen-bond acceptors (Lipinski definition) is 4. The smallest absolute Gasteiger partial charge is 0.237 e. The Balaban J connectivity index is 0.00000400. The number of ether oxygens (including phenoxy) is 1. The van der Waals surface area contributed by atoms with E-state index in [2.05, 4.69) is 10.6 Å². The lowest BCUT2D eigenvalue weighted by Gasteiger charge is -2.26. The van der Waals surface area contributed by atoms with E-state index in [1.54, 1.807) is 0 Å². The molecular formula is C14H28ClN3O3. The quantitative estimate of drug-likeness (QED) is 0.690. The third-order valence-corrected chi connectivity index (χ3v) is 3.24. The van der Waals surface area contributed by atoms with Crippen LogP contribution in [0.4, 0.5) is 0 Å². The highest BCUT2D eigenvalue weighted by atomic mass is 35.5. The number of nitrogens with two attached hydrogens (primary N) is 1. The van der Waals surface area contributed by atoms with Crippen LogP contribution in [0.15, 0.2) is 0 Å². The highest BCUT2D eigenvalue weighted by molar-refractivity contribution is 5.85. The number of amides is 2. The summed E-state index contributed by atoms with van der Waals surface area (Å²) in [7, 11) is 0. The largest absolute Gasteiger partial charge is 0.381 e. The van der Waals surface area contributed by atoms with Crippen LogP contribution in [0.1, 0.15) is 40.0 Å². The number of nitrogens with one attached hydrogen (secondary N) is 2. The third-order valence-electron chi connectivity index (χ3n) is 3.24. The van der Waals surface area contributed by atoms with E-state index < -0.39 is 6.04 Å². The minimum Gasteiger partial charge on any atom is -0.381 e. The van der Waals surface area contributed by atoms with Gasteiger partial charge in [0.2, 0.25) is 11.8 Å². The van der Waals surface area contributed by atoms with Gasteiger partial charge in [0.1, 0.15) is 0 Å². The lowest BCUT2D eigenvalue weighted by atomic mass is 9.92. The predicted octanol–water partition coefficient (Wildman–Crippen LogP) is 0.583. The molecule has 0 aliphatic carbocycles. The molecule has 21 heavy (non-hydrogen) atoms. The van der Waals surface area contributed by atoms with Gasteiger partial charge in [0.25, 0.3) is 0 Å². The molecule has 4 N–H and O–H groups in total. The van der Waals surface area contributed by atoms with E-state index >= 15 is 0 Å². The van der Waals surface area contributed by atoms with Gasteiger partial charge in [0, 0.05) is 31.7 Å². The molecule has 1 unspecified atom stereocenters. The van der Waals surface area contributed by atoms with Crippen molar-refractivity contribution in [3.8, 4) is 0 Å². The van der Waals surface area contributed by atoms with Crippen molar-refractivity contribution in [2.24, 2.45) is 11.7 Å². The van der Waals surface area contributed by atoms with Crippen LogP contribution in [0.3, 0.4) is 0 Å². The Kier molecular flexibility index (Phi) is 8.85. The summed E-state index contributed by atoms with van der Waals surface area (Å²) in [5.74, 6) is -0.0787. The van der Waals surface area contributed by atoms with Crippen LogP contribution in [-0.2, 0) is 14.3 Å². The van der Waals surface area contributed by atoms with E-state index in [-0.39, 0.29) is 42.1 Å². The molecule has 0 saturated carbocycles. The van der Waals surface area contributed by atoms with Gasteiger partial charge in [-0.25, -0.2) is 0 Å². The van der Waals surface area contributed by atoms with Gasteiger partial charge in [-0.05, 0) is 39.5 Å². The zero-order valence-electron chi connectivity index (χ0n) is 13.1. The SMILES string of the molecule is CC(C)(C)NC(=O)CCNC(=O)C(N)C1CCOCC1.Cl. The molecular weight excluding hydrogens is 294 g/mol. The molecule has 1 aliphatic rings. The van der Waals surface area contributed by atoms with Gasteiger partial charge >= 0.3 is 0 Å². The molecule has 2 amide bonds. The minimum absolute atomic E-state index is 0. The molecule has 0 aromatic rings. The van der Waals surface area contributed by atoms with Crippen LogP contribution in [-0.4, -0.2) is 43.2 Å². The maximum atomic E-state index is 11.9. The maximum absolute atomic E-state index is 11.9. The van der Waals surface area contributed by atoms with Crippen LogP contribution in [0.5, 0.6) is 0 Å². The standard InChI is InChI=1S/C14H27N3O3.ClH/c1-14(2,3)17-11(18)4-7-16-13(19)12(15)10-5-8-20-9-6-10;/h10,12H,4-9,15H2,1-3H3,(H,16,19)(H,17,18);1H. The first-order chi connectivity index (χ1) is 9.29. The molecule has 0 spiro atoms. The van der Waals surface area contributed by atoms with E-state index in [1.165, 1.54) is 0 Å². The average molecular weight is 322 g/mol. The van der Waals surface area contributed by atoms with E-state index in [1.807, 2.05) is 20.8 Å². The van der Waals surface area contributed by atoms with Crippen LogP contribution in [0.2, 0.25) is 0 Å². The van der Waals surface area contributed by atoms with Gasteiger partial charge in [-0.3, -0.25) is 9.59 Å². The fourth-order valence-electron chi connectivity index (χ4n) is 2.19. The van der Waals surface area contributed by atoms with Gasteiger partial charge in [0.05, 0.1) is 6.04 Å². The molecule has 1 aliphatic heterocycles. The molecule has 0 aromatic heterocycles. The van der Waals surface area contributed by atoms with Crippen molar-refractivity contribution in [3.05, 3.63) is 0 Å². The van der Waals surface area contributed by atoms with Gasteiger partial charge in [0.15, 0.2) is 0 Å². The average Bonchev–Trinajstić information content (AvgIpc) is 2.36. The second-order valence-electron chi connectivity index (χ2n) is 6.31. The Morgan fingerprint density at radius 1 is 1.29 bits per heavy atom. The summed E-state index contributed by atoms with van der Waals surface area (Å²) in [6.45, 7) is 7.41. The Hall–Kier alpha value is -0.850. The normalized spacial score (nSPS) is 17.5.